The van der Waals surface area contributed by atoms with Gasteiger partial charge >= 0.3 is 0 Å². The van der Waals surface area contributed by atoms with Gasteiger partial charge in [0.2, 0.25) is 0 Å². The van der Waals surface area contributed by atoms with Crippen molar-refractivity contribution in [3.8, 4) is 6.07 Å². The Morgan fingerprint density at radius 1 is 1.33 bits per heavy atom. The average Bonchev–Trinajstić information content (AvgIpc) is 2.37. The van der Waals surface area contributed by atoms with Crippen LogP contribution in [0.5, 0.6) is 0 Å². The summed E-state index contributed by atoms with van der Waals surface area (Å²) in [5.74, 6) is 0. The summed E-state index contributed by atoms with van der Waals surface area (Å²) in [5.41, 5.74) is 2.17. The molecule has 0 amide bonds. The summed E-state index contributed by atoms with van der Waals surface area (Å²) >= 11 is 0. The molecule has 0 aliphatic heterocycles. The molecule has 0 bridgehead atoms. The van der Waals surface area contributed by atoms with Gasteiger partial charge in [0, 0.05) is 12.2 Å². The average molecular weight is 239 g/mol. The largest absolute Gasteiger partial charge is 0.380 e. The summed E-state index contributed by atoms with van der Waals surface area (Å²) in [5, 5.41) is 12.1. The summed E-state index contributed by atoms with van der Waals surface area (Å²) in [7, 11) is 0. The Balaban J connectivity index is 2.25. The van der Waals surface area contributed by atoms with Crippen LogP contribution in [0.4, 0.5) is 5.69 Å². The molecule has 0 saturated carbocycles. The first-order chi connectivity index (χ1) is 8.70. The summed E-state index contributed by atoms with van der Waals surface area (Å²) in [4.78, 5) is 14.2. The highest BCUT2D eigenvalue weighted by atomic mass is 16.1. The van der Waals surface area contributed by atoms with Gasteiger partial charge in [0.1, 0.15) is 11.6 Å². The molecule has 18 heavy (non-hydrogen) atoms. The maximum atomic E-state index is 11.6. The smallest absolute Gasteiger partial charge is 0.268 e. The monoisotopic (exact) mass is 239 g/mol. The highest BCUT2D eigenvalue weighted by molar-refractivity contribution is 5.57. The first-order valence-electron chi connectivity index (χ1n) is 5.62. The van der Waals surface area contributed by atoms with Gasteiger partial charge in [-0.3, -0.25) is 4.79 Å². The Hall–Kier alpha value is -2.54. The SMILES string of the molecule is Cc1cc(NCc2ccccc2)c(C#N)c(=O)[nH]1. The highest BCUT2D eigenvalue weighted by Gasteiger charge is 2.07. The Bertz CT molecular complexity index is 638. The fourth-order valence-corrected chi connectivity index (χ4v) is 1.73. The summed E-state index contributed by atoms with van der Waals surface area (Å²) in [6.07, 6.45) is 0. The molecule has 4 nitrogen and oxygen atoms in total. The quantitative estimate of drug-likeness (QED) is 0.862. The van der Waals surface area contributed by atoms with Crippen LogP contribution in [0.25, 0.3) is 0 Å². The van der Waals surface area contributed by atoms with Crippen molar-refractivity contribution in [1.82, 2.24) is 4.98 Å². The zero-order chi connectivity index (χ0) is 13.0. The van der Waals surface area contributed by atoms with Gasteiger partial charge in [0.15, 0.2) is 0 Å². The molecule has 2 rings (SSSR count). The second-order valence-electron chi connectivity index (χ2n) is 4.02. The van der Waals surface area contributed by atoms with Crippen LogP contribution in [0.2, 0.25) is 0 Å². The molecule has 1 heterocycles. The predicted octanol–water partition coefficient (Wildman–Crippen LogP) is 2.17. The summed E-state index contributed by atoms with van der Waals surface area (Å²) in [6, 6.07) is 13.5. The van der Waals surface area contributed by atoms with Crippen molar-refractivity contribution in [2.24, 2.45) is 0 Å². The lowest BCUT2D eigenvalue weighted by atomic mass is 10.2. The molecule has 0 spiro atoms. The number of anilines is 1. The van der Waals surface area contributed by atoms with E-state index in [1.807, 2.05) is 36.4 Å². The Morgan fingerprint density at radius 3 is 2.72 bits per heavy atom. The maximum Gasteiger partial charge on any atom is 0.268 e. The fourth-order valence-electron chi connectivity index (χ4n) is 1.73. The lowest BCUT2D eigenvalue weighted by Crippen LogP contribution is -2.15. The molecule has 0 atom stereocenters. The number of benzene rings is 1. The lowest BCUT2D eigenvalue weighted by Gasteiger charge is -2.08. The molecular formula is C14H13N3O. The second-order valence-corrected chi connectivity index (χ2v) is 4.02. The molecule has 1 aromatic carbocycles. The van der Waals surface area contributed by atoms with Gasteiger partial charge in [-0.1, -0.05) is 30.3 Å². The molecule has 2 N–H and O–H groups in total. The Labute approximate surface area is 105 Å². The van der Waals surface area contributed by atoms with Crippen LogP contribution in [0, 0.1) is 18.3 Å². The van der Waals surface area contributed by atoms with E-state index in [-0.39, 0.29) is 11.1 Å². The first-order valence-corrected chi connectivity index (χ1v) is 5.62. The van der Waals surface area contributed by atoms with E-state index in [4.69, 9.17) is 5.26 Å². The standard InChI is InChI=1S/C14H13N3O/c1-10-7-13(12(8-15)14(18)17-10)16-9-11-5-3-2-4-6-11/h2-7H,9H2,1H3,(H2,16,17,18). The molecule has 0 aliphatic rings. The number of rotatable bonds is 3. The fraction of sp³-hybridized carbons (Fsp3) is 0.143. The van der Waals surface area contributed by atoms with E-state index < -0.39 is 0 Å². The van der Waals surface area contributed by atoms with Crippen LogP contribution in [0.3, 0.4) is 0 Å². The van der Waals surface area contributed by atoms with Gasteiger partial charge < -0.3 is 10.3 Å². The van der Waals surface area contributed by atoms with Gasteiger partial charge in [-0.25, -0.2) is 0 Å². The van der Waals surface area contributed by atoms with Crippen molar-refractivity contribution in [2.75, 3.05) is 5.32 Å². The number of hydrogen-bond donors (Lipinski definition) is 2. The van der Waals surface area contributed by atoms with Crippen molar-refractivity contribution in [3.05, 3.63) is 63.6 Å². The molecule has 90 valence electrons. The van der Waals surface area contributed by atoms with Gasteiger partial charge in [-0.15, -0.1) is 0 Å². The minimum atomic E-state index is -0.354. The third kappa shape index (κ3) is 2.58. The van der Waals surface area contributed by atoms with E-state index in [1.165, 1.54) is 0 Å². The predicted molar refractivity (Wildman–Crippen MR) is 70.3 cm³/mol. The topological polar surface area (TPSA) is 68.7 Å². The number of aromatic amines is 1. The summed E-state index contributed by atoms with van der Waals surface area (Å²) in [6.45, 7) is 2.37. The molecule has 1 aromatic heterocycles. The van der Waals surface area contributed by atoms with E-state index >= 15 is 0 Å². The minimum absolute atomic E-state index is 0.122. The van der Waals surface area contributed by atoms with Crippen LogP contribution in [-0.4, -0.2) is 4.98 Å². The van der Waals surface area contributed by atoms with Crippen LogP contribution in [0.15, 0.2) is 41.2 Å². The molecule has 0 unspecified atom stereocenters. The number of hydrogen-bond acceptors (Lipinski definition) is 3. The number of nitriles is 1. The lowest BCUT2D eigenvalue weighted by molar-refractivity contribution is 1.09. The third-order valence-corrected chi connectivity index (χ3v) is 2.61. The van der Waals surface area contributed by atoms with Crippen molar-refractivity contribution >= 4 is 5.69 Å². The van der Waals surface area contributed by atoms with Gasteiger partial charge in [-0.2, -0.15) is 5.26 Å². The van der Waals surface area contributed by atoms with Crippen LogP contribution in [-0.2, 0) is 6.54 Å². The minimum Gasteiger partial charge on any atom is -0.380 e. The van der Waals surface area contributed by atoms with E-state index in [2.05, 4.69) is 10.3 Å². The Kier molecular flexibility index (Phi) is 3.44. The van der Waals surface area contributed by atoms with Crippen LogP contribution >= 0.6 is 0 Å². The second kappa shape index (κ2) is 5.19. The molecule has 2 aromatic rings. The molecule has 0 radical (unpaired) electrons. The summed E-state index contributed by atoms with van der Waals surface area (Å²) < 4.78 is 0. The molecule has 0 saturated heterocycles. The van der Waals surface area contributed by atoms with Crippen LogP contribution < -0.4 is 10.9 Å². The van der Waals surface area contributed by atoms with E-state index in [0.717, 1.165) is 11.3 Å². The third-order valence-electron chi connectivity index (χ3n) is 2.61. The zero-order valence-corrected chi connectivity index (χ0v) is 10.0. The van der Waals surface area contributed by atoms with Crippen molar-refractivity contribution in [2.45, 2.75) is 13.5 Å². The number of H-pyrrole nitrogens is 1. The van der Waals surface area contributed by atoms with E-state index in [1.54, 1.807) is 13.0 Å². The molecule has 4 heteroatoms. The van der Waals surface area contributed by atoms with Crippen molar-refractivity contribution in [3.63, 3.8) is 0 Å². The highest BCUT2D eigenvalue weighted by Crippen LogP contribution is 2.12. The van der Waals surface area contributed by atoms with E-state index in [0.29, 0.717) is 12.2 Å². The molecule has 0 fully saturated rings. The van der Waals surface area contributed by atoms with Gasteiger partial charge in [0.25, 0.3) is 5.56 Å². The number of pyridine rings is 1. The zero-order valence-electron chi connectivity index (χ0n) is 10.0. The number of nitrogens with zero attached hydrogens (tertiary/aromatic N) is 1. The maximum absolute atomic E-state index is 11.6. The van der Waals surface area contributed by atoms with Crippen LogP contribution in [0.1, 0.15) is 16.8 Å². The van der Waals surface area contributed by atoms with Crippen molar-refractivity contribution < 1.29 is 0 Å². The number of aryl methyl sites for hydroxylation is 1. The van der Waals surface area contributed by atoms with Crippen molar-refractivity contribution in [1.29, 1.82) is 5.26 Å². The van der Waals surface area contributed by atoms with E-state index in [9.17, 15) is 4.79 Å². The van der Waals surface area contributed by atoms with Gasteiger partial charge in [-0.05, 0) is 18.6 Å². The molecule has 0 aliphatic carbocycles. The number of nitrogens with one attached hydrogen (secondary N) is 2. The first kappa shape index (κ1) is 11.9. The number of aromatic nitrogens is 1. The van der Waals surface area contributed by atoms with Gasteiger partial charge in [0.05, 0.1) is 5.69 Å². The Morgan fingerprint density at radius 2 is 2.06 bits per heavy atom. The molecular weight excluding hydrogens is 226 g/mol. The normalized spacial score (nSPS) is 9.78.